The van der Waals surface area contributed by atoms with Crippen molar-refractivity contribution in [2.45, 2.75) is 13.8 Å². The number of phenols is 2. The molecule has 2 aromatic carbocycles. The molecule has 0 aliphatic heterocycles. The van der Waals surface area contributed by atoms with Crippen LogP contribution >= 0.6 is 0 Å². The Morgan fingerprint density at radius 3 is 2.33 bits per heavy atom. The number of benzene rings is 2. The third-order valence-electron chi connectivity index (χ3n) is 4.78. The number of carbonyl (C=O) groups is 2. The summed E-state index contributed by atoms with van der Waals surface area (Å²) in [6.45, 7) is 4.32. The van der Waals surface area contributed by atoms with E-state index in [1.807, 2.05) is 19.9 Å². The molecule has 0 radical (unpaired) electrons. The molecule has 7 nitrogen and oxygen atoms in total. The Balaban J connectivity index is 1.73. The zero-order valence-electron chi connectivity index (χ0n) is 16.2. The molecule has 152 valence electrons. The highest BCUT2D eigenvalue weighted by atomic mass is 16.5. The third-order valence-corrected chi connectivity index (χ3v) is 4.78. The van der Waals surface area contributed by atoms with E-state index in [2.05, 4.69) is 0 Å². The minimum absolute atomic E-state index is 0.0501. The number of ketones is 2. The molecule has 1 aliphatic carbocycles. The number of fused-ring (bicyclic) bond motifs is 3. The van der Waals surface area contributed by atoms with Gasteiger partial charge in [-0.3, -0.25) is 9.59 Å². The normalized spacial score (nSPS) is 13.5. The topological polar surface area (TPSA) is 117 Å². The van der Waals surface area contributed by atoms with Crippen molar-refractivity contribution < 1.29 is 34.1 Å². The van der Waals surface area contributed by atoms with Gasteiger partial charge < -0.3 is 24.5 Å². The van der Waals surface area contributed by atoms with Crippen molar-refractivity contribution in [1.82, 2.24) is 0 Å². The Morgan fingerprint density at radius 2 is 1.67 bits per heavy atom. The van der Waals surface area contributed by atoms with Crippen LogP contribution in [0.1, 0.15) is 40.3 Å². The molecule has 0 saturated carbocycles. The van der Waals surface area contributed by atoms with Crippen LogP contribution in [-0.2, 0) is 0 Å². The fourth-order valence-electron chi connectivity index (χ4n) is 3.25. The number of phenolic OH excluding ortho intramolecular Hbond substituents is 2. The molecule has 0 atom stereocenters. The summed E-state index contributed by atoms with van der Waals surface area (Å²) in [5.41, 5.74) is 1.17. The Hall–Kier alpha value is -4.00. The lowest BCUT2D eigenvalue weighted by atomic mass is 9.88. The summed E-state index contributed by atoms with van der Waals surface area (Å²) in [7, 11) is 0. The summed E-state index contributed by atoms with van der Waals surface area (Å²) in [6, 6.07) is 8.64. The molecule has 0 amide bonds. The first kappa shape index (κ1) is 19.3. The number of rotatable bonds is 4. The first-order valence-electron chi connectivity index (χ1n) is 9.15. The van der Waals surface area contributed by atoms with Gasteiger partial charge in [0.15, 0.2) is 23.0 Å². The van der Waals surface area contributed by atoms with Gasteiger partial charge in [-0.1, -0.05) is 17.7 Å². The van der Waals surface area contributed by atoms with E-state index in [1.165, 1.54) is 0 Å². The zero-order chi connectivity index (χ0) is 21.6. The number of furan rings is 1. The van der Waals surface area contributed by atoms with Gasteiger partial charge in [0.1, 0.15) is 17.9 Å². The molecule has 0 spiro atoms. The number of hydrogen-bond donors (Lipinski definition) is 3. The largest absolute Gasteiger partial charge is 0.504 e. The number of ether oxygens (including phenoxy) is 1. The second-order valence-corrected chi connectivity index (χ2v) is 7.14. The van der Waals surface area contributed by atoms with E-state index in [-0.39, 0.29) is 27.9 Å². The van der Waals surface area contributed by atoms with Crippen LogP contribution in [0.3, 0.4) is 0 Å². The van der Waals surface area contributed by atoms with E-state index in [0.29, 0.717) is 17.9 Å². The highest BCUT2D eigenvalue weighted by Crippen LogP contribution is 2.40. The second-order valence-electron chi connectivity index (χ2n) is 7.14. The van der Waals surface area contributed by atoms with Gasteiger partial charge in [-0.15, -0.1) is 0 Å². The fourth-order valence-corrected chi connectivity index (χ4v) is 3.25. The van der Waals surface area contributed by atoms with Crippen molar-refractivity contribution in [3.8, 4) is 17.2 Å². The number of carbonyl (C=O) groups excluding carboxylic acids is 2. The molecule has 4 rings (SSSR count). The fraction of sp³-hybridized carbons (Fsp3) is 0.130. The van der Waals surface area contributed by atoms with E-state index in [0.717, 1.165) is 17.7 Å². The van der Waals surface area contributed by atoms with E-state index in [4.69, 9.17) is 9.15 Å². The highest BCUT2D eigenvalue weighted by Gasteiger charge is 2.38. The summed E-state index contributed by atoms with van der Waals surface area (Å²) in [4.78, 5) is 25.8. The van der Waals surface area contributed by atoms with Crippen molar-refractivity contribution in [2.24, 2.45) is 0 Å². The maximum Gasteiger partial charge on any atom is 0.233 e. The van der Waals surface area contributed by atoms with E-state index >= 15 is 0 Å². The van der Waals surface area contributed by atoms with Gasteiger partial charge in [-0.25, -0.2) is 0 Å². The SMILES string of the molecule is CC(C)=CCOc1ccc(C2=C(O)C(=O)c3c(oc4cc(O)c(O)cc34)C2=O)cc1. The minimum atomic E-state index is -0.799. The molecular formula is C23H18O7. The van der Waals surface area contributed by atoms with Crippen LogP contribution in [0.4, 0.5) is 0 Å². The summed E-state index contributed by atoms with van der Waals surface area (Å²) >= 11 is 0. The molecule has 0 fully saturated rings. The van der Waals surface area contributed by atoms with E-state index in [9.17, 15) is 24.9 Å². The van der Waals surface area contributed by atoms with Gasteiger partial charge in [-0.05, 0) is 43.7 Å². The highest BCUT2D eigenvalue weighted by molar-refractivity contribution is 6.41. The van der Waals surface area contributed by atoms with Crippen LogP contribution in [0.15, 0.2) is 58.2 Å². The van der Waals surface area contributed by atoms with Crippen molar-refractivity contribution in [1.29, 1.82) is 0 Å². The van der Waals surface area contributed by atoms with Crippen LogP contribution in [-0.4, -0.2) is 33.5 Å². The number of aliphatic hydroxyl groups excluding tert-OH is 1. The number of aromatic hydroxyl groups is 2. The van der Waals surface area contributed by atoms with Crippen LogP contribution in [0.2, 0.25) is 0 Å². The van der Waals surface area contributed by atoms with Crippen LogP contribution < -0.4 is 4.74 Å². The number of hydrogen-bond acceptors (Lipinski definition) is 7. The Bertz CT molecular complexity index is 1250. The molecule has 7 heteroatoms. The summed E-state index contributed by atoms with van der Waals surface area (Å²) in [5.74, 6) is -2.78. The molecule has 1 heterocycles. The van der Waals surface area contributed by atoms with Crippen molar-refractivity contribution in [3.63, 3.8) is 0 Å². The summed E-state index contributed by atoms with van der Waals surface area (Å²) in [5, 5.41) is 30.0. The average Bonchev–Trinajstić information content (AvgIpc) is 3.06. The molecule has 3 aromatic rings. The Morgan fingerprint density at radius 1 is 1.00 bits per heavy atom. The summed E-state index contributed by atoms with van der Waals surface area (Å²) in [6.07, 6.45) is 1.92. The quantitative estimate of drug-likeness (QED) is 0.430. The summed E-state index contributed by atoms with van der Waals surface area (Å²) < 4.78 is 11.1. The zero-order valence-corrected chi connectivity index (χ0v) is 16.2. The lowest BCUT2D eigenvalue weighted by molar-refractivity contribution is 0.0937. The van der Waals surface area contributed by atoms with Crippen LogP contribution in [0.25, 0.3) is 16.5 Å². The number of allylic oxidation sites excluding steroid dienone is 3. The Kier molecular flexibility index (Phi) is 4.58. The number of aliphatic hydroxyl groups is 1. The average molecular weight is 406 g/mol. The monoisotopic (exact) mass is 406 g/mol. The van der Waals surface area contributed by atoms with Gasteiger partial charge >= 0.3 is 0 Å². The molecular weight excluding hydrogens is 388 g/mol. The third kappa shape index (κ3) is 3.10. The van der Waals surface area contributed by atoms with Gasteiger partial charge in [-0.2, -0.15) is 0 Å². The van der Waals surface area contributed by atoms with E-state index in [1.54, 1.807) is 24.3 Å². The standard InChI is InChI=1S/C23H18O7/c1-11(2)7-8-29-13-5-3-12(4-6-13)18-20(26)21(27)19-14-9-15(24)16(25)10-17(14)30-23(19)22(18)28/h3-7,9-10,24-26H,8H2,1-2H3. The predicted molar refractivity (Wildman–Crippen MR) is 109 cm³/mol. The molecule has 30 heavy (non-hydrogen) atoms. The van der Waals surface area contributed by atoms with Crippen molar-refractivity contribution in [3.05, 3.63) is 70.7 Å². The maximum absolute atomic E-state index is 13.0. The molecule has 1 aliphatic rings. The van der Waals surface area contributed by atoms with Gasteiger partial charge in [0.2, 0.25) is 11.6 Å². The molecule has 0 bridgehead atoms. The van der Waals surface area contributed by atoms with Gasteiger partial charge in [0.05, 0.1) is 11.1 Å². The van der Waals surface area contributed by atoms with Crippen molar-refractivity contribution >= 4 is 28.1 Å². The predicted octanol–water partition coefficient (Wildman–Crippen LogP) is 4.54. The van der Waals surface area contributed by atoms with Gasteiger partial charge in [0.25, 0.3) is 0 Å². The first-order valence-corrected chi connectivity index (χ1v) is 9.15. The molecule has 1 aromatic heterocycles. The molecule has 0 unspecified atom stereocenters. The molecule has 3 N–H and O–H groups in total. The Labute approximate surface area is 171 Å². The van der Waals surface area contributed by atoms with Crippen LogP contribution in [0.5, 0.6) is 17.2 Å². The van der Waals surface area contributed by atoms with Gasteiger partial charge in [0, 0.05) is 11.5 Å². The minimum Gasteiger partial charge on any atom is -0.504 e. The van der Waals surface area contributed by atoms with E-state index < -0.39 is 28.8 Å². The van der Waals surface area contributed by atoms with Crippen LogP contribution in [0, 0.1) is 0 Å². The molecule has 0 saturated heterocycles. The van der Waals surface area contributed by atoms with Crippen molar-refractivity contribution in [2.75, 3.05) is 6.61 Å². The maximum atomic E-state index is 13.0. The lowest BCUT2D eigenvalue weighted by Crippen LogP contribution is -2.20. The number of Topliss-reactive ketones (excluding diaryl/α,β-unsaturated/α-hetero) is 2. The second kappa shape index (κ2) is 7.11. The lowest BCUT2D eigenvalue weighted by Gasteiger charge is -2.14. The smallest absolute Gasteiger partial charge is 0.233 e. The first-order chi connectivity index (χ1) is 14.3.